The van der Waals surface area contributed by atoms with Gasteiger partial charge in [0.15, 0.2) is 17.3 Å². The standard InChI is InChI=1S/C28H34O6/c1-17(2)8-7-9-18(3)10-11-21-20(12-13-24(32-5)28(21)33-6)25-16-23(30)27-22(29)14-19(31-4)15-26(27)34-25/h8,10,12-15,25,29H,7,9,11,16H2,1-6H3/t25-/m0/s1. The molecule has 0 unspecified atom stereocenters. The zero-order chi connectivity index (χ0) is 24.8. The number of hydrogen-bond donors (Lipinski definition) is 1. The highest BCUT2D eigenvalue weighted by Crippen LogP contribution is 2.45. The predicted molar refractivity (Wildman–Crippen MR) is 133 cm³/mol. The summed E-state index contributed by atoms with van der Waals surface area (Å²) >= 11 is 0. The van der Waals surface area contributed by atoms with Crippen LogP contribution in [0.1, 0.15) is 67.6 Å². The van der Waals surface area contributed by atoms with Gasteiger partial charge >= 0.3 is 0 Å². The lowest BCUT2D eigenvalue weighted by Gasteiger charge is -2.28. The van der Waals surface area contributed by atoms with Crippen LogP contribution in [0.4, 0.5) is 0 Å². The van der Waals surface area contributed by atoms with Crippen molar-refractivity contribution in [2.45, 2.75) is 52.6 Å². The number of Topliss-reactive ketones (excluding diaryl/α,β-unsaturated/α-hetero) is 1. The molecular formula is C28H34O6. The van der Waals surface area contributed by atoms with Crippen molar-refractivity contribution < 1.29 is 28.8 Å². The molecule has 0 fully saturated rings. The average Bonchev–Trinajstić information content (AvgIpc) is 2.80. The Labute approximate surface area is 201 Å². The Morgan fingerprint density at radius 3 is 2.50 bits per heavy atom. The van der Waals surface area contributed by atoms with Crippen LogP contribution in [0.2, 0.25) is 0 Å². The first kappa shape index (κ1) is 25.2. The van der Waals surface area contributed by atoms with Crippen LogP contribution in [0.5, 0.6) is 28.7 Å². The zero-order valence-corrected chi connectivity index (χ0v) is 20.9. The molecule has 0 radical (unpaired) electrons. The van der Waals surface area contributed by atoms with E-state index >= 15 is 0 Å². The van der Waals surface area contributed by atoms with Crippen molar-refractivity contribution in [3.63, 3.8) is 0 Å². The molecule has 0 saturated carbocycles. The molecule has 3 rings (SSSR count). The summed E-state index contributed by atoms with van der Waals surface area (Å²) in [5, 5.41) is 10.3. The number of methoxy groups -OCH3 is 3. The van der Waals surface area contributed by atoms with E-state index in [1.165, 1.54) is 24.3 Å². The fourth-order valence-electron chi connectivity index (χ4n) is 4.19. The fourth-order valence-corrected chi connectivity index (χ4v) is 4.19. The van der Waals surface area contributed by atoms with Crippen molar-refractivity contribution >= 4 is 5.78 Å². The third kappa shape index (κ3) is 5.56. The average molecular weight is 467 g/mol. The molecule has 1 aliphatic heterocycles. The third-order valence-electron chi connectivity index (χ3n) is 5.99. The van der Waals surface area contributed by atoms with Gasteiger partial charge in [0.05, 0.1) is 27.8 Å². The van der Waals surface area contributed by atoms with Gasteiger partial charge in [0, 0.05) is 23.3 Å². The molecular weight excluding hydrogens is 432 g/mol. The molecule has 1 atom stereocenters. The number of carbonyl (C=O) groups excluding carboxylic acids is 1. The predicted octanol–water partition coefficient (Wildman–Crippen LogP) is 6.36. The van der Waals surface area contributed by atoms with Crippen molar-refractivity contribution in [2.24, 2.45) is 0 Å². The summed E-state index contributed by atoms with van der Waals surface area (Å²) in [4.78, 5) is 13.0. The van der Waals surface area contributed by atoms with E-state index in [0.717, 1.165) is 24.0 Å². The van der Waals surface area contributed by atoms with Gasteiger partial charge < -0.3 is 24.1 Å². The van der Waals surface area contributed by atoms with Crippen LogP contribution in [-0.2, 0) is 6.42 Å². The molecule has 2 aromatic carbocycles. The molecule has 182 valence electrons. The molecule has 1 aliphatic rings. The topological polar surface area (TPSA) is 74.2 Å². The first-order valence-corrected chi connectivity index (χ1v) is 11.4. The normalized spacial score (nSPS) is 15.3. The fraction of sp³-hybridized carbons (Fsp3) is 0.393. The van der Waals surface area contributed by atoms with Crippen LogP contribution < -0.4 is 18.9 Å². The number of hydrogen-bond acceptors (Lipinski definition) is 6. The lowest BCUT2D eigenvalue weighted by molar-refractivity contribution is 0.0843. The molecule has 1 heterocycles. The smallest absolute Gasteiger partial charge is 0.174 e. The van der Waals surface area contributed by atoms with Gasteiger partial charge in [-0.25, -0.2) is 0 Å². The Morgan fingerprint density at radius 1 is 1.09 bits per heavy atom. The maximum absolute atomic E-state index is 13.0. The van der Waals surface area contributed by atoms with Crippen molar-refractivity contribution in [1.29, 1.82) is 0 Å². The van der Waals surface area contributed by atoms with Crippen LogP contribution in [-0.4, -0.2) is 32.2 Å². The SMILES string of the molecule is COc1cc(O)c2c(c1)O[C@H](c1ccc(OC)c(OC)c1CC=C(C)CCC=C(C)C)CC2=O. The van der Waals surface area contributed by atoms with Crippen LogP contribution >= 0.6 is 0 Å². The molecule has 6 heteroatoms. The maximum atomic E-state index is 13.0. The Morgan fingerprint density at radius 2 is 1.85 bits per heavy atom. The number of ketones is 1. The Balaban J connectivity index is 1.99. The van der Waals surface area contributed by atoms with Crippen molar-refractivity contribution in [2.75, 3.05) is 21.3 Å². The number of fused-ring (bicyclic) bond motifs is 1. The van der Waals surface area contributed by atoms with Crippen LogP contribution in [0.25, 0.3) is 0 Å². The highest BCUT2D eigenvalue weighted by Gasteiger charge is 2.33. The highest BCUT2D eigenvalue weighted by atomic mass is 16.5. The van der Waals surface area contributed by atoms with E-state index in [1.54, 1.807) is 20.3 Å². The van der Waals surface area contributed by atoms with E-state index < -0.39 is 6.10 Å². The minimum Gasteiger partial charge on any atom is -0.507 e. The minimum absolute atomic E-state index is 0.110. The summed E-state index contributed by atoms with van der Waals surface area (Å²) in [6.07, 6.45) is 6.58. The van der Waals surface area contributed by atoms with Gasteiger partial charge in [-0.05, 0) is 46.1 Å². The molecule has 0 aliphatic carbocycles. The zero-order valence-electron chi connectivity index (χ0n) is 20.9. The Hall–Kier alpha value is -3.41. The number of carbonyl (C=O) groups is 1. The van der Waals surface area contributed by atoms with Crippen LogP contribution in [0.3, 0.4) is 0 Å². The van der Waals surface area contributed by atoms with E-state index in [0.29, 0.717) is 29.4 Å². The van der Waals surface area contributed by atoms with Gasteiger partial charge in [-0.3, -0.25) is 4.79 Å². The summed E-state index contributed by atoms with van der Waals surface area (Å²) in [6.45, 7) is 6.33. The quantitative estimate of drug-likeness (QED) is 0.434. The molecule has 34 heavy (non-hydrogen) atoms. The van der Waals surface area contributed by atoms with Gasteiger partial charge in [-0.15, -0.1) is 0 Å². The van der Waals surface area contributed by atoms with Crippen molar-refractivity contribution in [3.05, 3.63) is 64.3 Å². The second-order valence-electron chi connectivity index (χ2n) is 8.70. The van der Waals surface area contributed by atoms with Crippen molar-refractivity contribution in [3.8, 4) is 28.7 Å². The second kappa shape index (κ2) is 11.1. The Bertz CT molecular complexity index is 1110. The van der Waals surface area contributed by atoms with Gasteiger partial charge in [0.1, 0.15) is 28.9 Å². The van der Waals surface area contributed by atoms with E-state index in [-0.39, 0.29) is 23.5 Å². The molecule has 2 aromatic rings. The van der Waals surface area contributed by atoms with Crippen molar-refractivity contribution in [1.82, 2.24) is 0 Å². The van der Waals surface area contributed by atoms with Gasteiger partial charge in [-0.1, -0.05) is 29.4 Å². The van der Waals surface area contributed by atoms with Crippen LogP contribution in [0.15, 0.2) is 47.6 Å². The maximum Gasteiger partial charge on any atom is 0.174 e. The Kier molecular flexibility index (Phi) is 8.26. The minimum atomic E-state index is -0.527. The largest absolute Gasteiger partial charge is 0.507 e. The van der Waals surface area contributed by atoms with Crippen LogP contribution in [0, 0.1) is 0 Å². The number of phenols is 1. The number of ether oxygens (including phenoxy) is 4. The highest BCUT2D eigenvalue weighted by molar-refractivity contribution is 6.02. The second-order valence-corrected chi connectivity index (χ2v) is 8.70. The van der Waals surface area contributed by atoms with Gasteiger partial charge in [-0.2, -0.15) is 0 Å². The molecule has 0 aromatic heterocycles. The summed E-state index contributed by atoms with van der Waals surface area (Å²) in [6, 6.07) is 6.80. The summed E-state index contributed by atoms with van der Waals surface area (Å²) < 4.78 is 22.7. The summed E-state index contributed by atoms with van der Waals surface area (Å²) in [5.41, 5.74) is 4.54. The van der Waals surface area contributed by atoms with Gasteiger partial charge in [0.25, 0.3) is 0 Å². The monoisotopic (exact) mass is 466 g/mol. The molecule has 0 spiro atoms. The molecule has 0 amide bonds. The van der Waals surface area contributed by atoms with E-state index in [2.05, 4.69) is 32.9 Å². The first-order chi connectivity index (χ1) is 16.3. The number of benzene rings is 2. The van der Waals surface area contributed by atoms with E-state index in [9.17, 15) is 9.90 Å². The van der Waals surface area contributed by atoms with Gasteiger partial charge in [0.2, 0.25) is 0 Å². The number of allylic oxidation sites excluding steroid dienone is 4. The lowest BCUT2D eigenvalue weighted by Crippen LogP contribution is -2.22. The molecule has 6 nitrogen and oxygen atoms in total. The summed E-state index contributed by atoms with van der Waals surface area (Å²) in [7, 11) is 4.72. The number of aromatic hydroxyl groups is 1. The van der Waals surface area contributed by atoms with E-state index in [1.807, 2.05) is 12.1 Å². The summed E-state index contributed by atoms with van der Waals surface area (Å²) in [5.74, 6) is 1.67. The number of rotatable bonds is 9. The van der Waals surface area contributed by atoms with E-state index in [4.69, 9.17) is 18.9 Å². The third-order valence-corrected chi connectivity index (χ3v) is 5.99. The molecule has 0 saturated heterocycles. The molecule has 1 N–H and O–H groups in total. The first-order valence-electron chi connectivity index (χ1n) is 11.4. The molecule has 0 bridgehead atoms. The number of phenolic OH excluding ortho intramolecular Hbond substituents is 1. The lowest BCUT2D eigenvalue weighted by atomic mass is 9.90.